The Labute approximate surface area is 88.9 Å². The topological polar surface area (TPSA) is 42.1 Å². The molecule has 0 radical (unpaired) electrons. The summed E-state index contributed by atoms with van der Waals surface area (Å²) in [4.78, 5) is 6.74. The minimum atomic E-state index is 0.235. The Bertz CT molecular complexity index is 271. The van der Waals surface area contributed by atoms with Crippen LogP contribution in [0, 0.1) is 0 Å². The Balaban J connectivity index is 2.14. The molecule has 1 aliphatic rings. The van der Waals surface area contributed by atoms with Crippen LogP contribution in [-0.2, 0) is 0 Å². The fourth-order valence-corrected chi connectivity index (χ4v) is 2.83. The fourth-order valence-electron chi connectivity index (χ4n) is 2.10. The van der Waals surface area contributed by atoms with Crippen molar-refractivity contribution in [3.63, 3.8) is 0 Å². The second-order valence-electron chi connectivity index (χ2n) is 3.93. The monoisotopic (exact) mass is 211 g/mol. The molecular formula is C10H17N3S. The van der Waals surface area contributed by atoms with E-state index in [0.717, 1.165) is 11.7 Å². The molecule has 14 heavy (non-hydrogen) atoms. The molecule has 4 heteroatoms. The number of rotatable bonds is 2. The first-order chi connectivity index (χ1) is 6.79. The van der Waals surface area contributed by atoms with Gasteiger partial charge in [-0.25, -0.2) is 4.98 Å². The van der Waals surface area contributed by atoms with Gasteiger partial charge in [0.05, 0.1) is 0 Å². The van der Waals surface area contributed by atoms with Crippen LogP contribution in [0.4, 0.5) is 5.13 Å². The van der Waals surface area contributed by atoms with Crippen molar-refractivity contribution in [3.05, 3.63) is 11.6 Å². The summed E-state index contributed by atoms with van der Waals surface area (Å²) in [6.07, 6.45) is 5.64. The molecule has 3 nitrogen and oxygen atoms in total. The maximum atomic E-state index is 6.00. The Hall–Kier alpha value is -0.610. The number of thiazole rings is 1. The third-order valence-corrected chi connectivity index (χ3v) is 3.63. The zero-order valence-electron chi connectivity index (χ0n) is 8.52. The van der Waals surface area contributed by atoms with E-state index in [-0.39, 0.29) is 6.04 Å². The normalized spacial score (nSPS) is 25.0. The molecule has 1 aromatic heterocycles. The molecule has 2 N–H and O–H groups in total. The molecule has 2 heterocycles. The molecule has 1 aliphatic heterocycles. The van der Waals surface area contributed by atoms with Gasteiger partial charge in [-0.2, -0.15) is 0 Å². The van der Waals surface area contributed by atoms with Gasteiger partial charge in [0.15, 0.2) is 5.13 Å². The van der Waals surface area contributed by atoms with E-state index in [1.165, 1.54) is 19.3 Å². The summed E-state index contributed by atoms with van der Waals surface area (Å²) in [5.74, 6) is 0. The second-order valence-corrected chi connectivity index (χ2v) is 4.80. The predicted octanol–water partition coefficient (Wildman–Crippen LogP) is 1.85. The number of piperidine rings is 1. The molecule has 0 amide bonds. The second kappa shape index (κ2) is 4.28. The third kappa shape index (κ3) is 1.91. The Morgan fingerprint density at radius 3 is 3.14 bits per heavy atom. The van der Waals surface area contributed by atoms with Crippen molar-refractivity contribution in [2.75, 3.05) is 11.4 Å². The first-order valence-corrected chi connectivity index (χ1v) is 6.08. The average Bonchev–Trinajstić information content (AvgIpc) is 2.70. The van der Waals surface area contributed by atoms with Gasteiger partial charge in [0.1, 0.15) is 0 Å². The first-order valence-electron chi connectivity index (χ1n) is 5.21. The lowest BCUT2D eigenvalue weighted by molar-refractivity contribution is 0.413. The molecule has 0 aliphatic carbocycles. The van der Waals surface area contributed by atoms with E-state index >= 15 is 0 Å². The van der Waals surface area contributed by atoms with Crippen LogP contribution in [0.5, 0.6) is 0 Å². The highest BCUT2D eigenvalue weighted by Crippen LogP contribution is 2.27. The smallest absolute Gasteiger partial charge is 0.185 e. The van der Waals surface area contributed by atoms with Crippen LogP contribution in [0.25, 0.3) is 0 Å². The third-order valence-electron chi connectivity index (χ3n) is 2.82. The molecule has 1 saturated heterocycles. The molecule has 78 valence electrons. The SMILES string of the molecule is CC(N)C1CCCCN1c1nccs1. The molecule has 1 aromatic rings. The number of hydrogen-bond acceptors (Lipinski definition) is 4. The van der Waals surface area contributed by atoms with E-state index in [1.54, 1.807) is 11.3 Å². The fraction of sp³-hybridized carbons (Fsp3) is 0.700. The zero-order valence-corrected chi connectivity index (χ0v) is 9.33. The summed E-state index contributed by atoms with van der Waals surface area (Å²) in [5, 5.41) is 3.16. The maximum absolute atomic E-state index is 6.00. The average molecular weight is 211 g/mol. The number of aromatic nitrogens is 1. The van der Waals surface area contributed by atoms with Crippen LogP contribution in [0.3, 0.4) is 0 Å². The largest absolute Gasteiger partial charge is 0.344 e. The van der Waals surface area contributed by atoms with E-state index in [0.29, 0.717) is 6.04 Å². The number of anilines is 1. The molecule has 0 spiro atoms. The summed E-state index contributed by atoms with van der Waals surface area (Å²) in [7, 11) is 0. The van der Waals surface area contributed by atoms with E-state index in [4.69, 9.17) is 5.73 Å². The van der Waals surface area contributed by atoms with Gasteiger partial charge in [0.25, 0.3) is 0 Å². The van der Waals surface area contributed by atoms with Crippen molar-refractivity contribution >= 4 is 16.5 Å². The summed E-state index contributed by atoms with van der Waals surface area (Å²) >= 11 is 1.71. The van der Waals surface area contributed by atoms with E-state index < -0.39 is 0 Å². The van der Waals surface area contributed by atoms with Crippen LogP contribution >= 0.6 is 11.3 Å². The minimum absolute atomic E-state index is 0.235. The van der Waals surface area contributed by atoms with E-state index in [1.807, 2.05) is 11.6 Å². The number of nitrogens with two attached hydrogens (primary N) is 1. The van der Waals surface area contributed by atoms with Crippen LogP contribution in [0.1, 0.15) is 26.2 Å². The number of hydrogen-bond donors (Lipinski definition) is 1. The summed E-state index contributed by atoms with van der Waals surface area (Å²) in [6.45, 7) is 3.20. The molecular weight excluding hydrogens is 194 g/mol. The van der Waals surface area contributed by atoms with Crippen molar-refractivity contribution in [3.8, 4) is 0 Å². The van der Waals surface area contributed by atoms with Gasteiger partial charge in [0, 0.05) is 30.2 Å². The van der Waals surface area contributed by atoms with Gasteiger partial charge < -0.3 is 10.6 Å². The Morgan fingerprint density at radius 2 is 2.50 bits per heavy atom. The molecule has 2 unspecified atom stereocenters. The van der Waals surface area contributed by atoms with Crippen molar-refractivity contribution in [1.82, 2.24) is 4.98 Å². The van der Waals surface area contributed by atoms with Crippen LogP contribution in [0.2, 0.25) is 0 Å². The standard InChI is InChI=1S/C10H17N3S/c1-8(11)9-4-2-3-6-13(9)10-12-5-7-14-10/h5,7-9H,2-4,6,11H2,1H3. The highest BCUT2D eigenvalue weighted by Gasteiger charge is 2.26. The zero-order chi connectivity index (χ0) is 9.97. The predicted molar refractivity (Wildman–Crippen MR) is 60.7 cm³/mol. The molecule has 1 fully saturated rings. The molecule has 2 rings (SSSR count). The highest BCUT2D eigenvalue weighted by molar-refractivity contribution is 7.13. The van der Waals surface area contributed by atoms with E-state index in [2.05, 4.69) is 16.8 Å². The molecule has 2 atom stereocenters. The maximum Gasteiger partial charge on any atom is 0.185 e. The minimum Gasteiger partial charge on any atom is -0.344 e. The van der Waals surface area contributed by atoms with Crippen LogP contribution < -0.4 is 10.6 Å². The summed E-state index contributed by atoms with van der Waals surface area (Å²) in [6, 6.07) is 0.717. The van der Waals surface area contributed by atoms with Crippen LogP contribution in [0.15, 0.2) is 11.6 Å². The summed E-state index contributed by atoms with van der Waals surface area (Å²) in [5.41, 5.74) is 6.00. The Morgan fingerprint density at radius 1 is 1.64 bits per heavy atom. The van der Waals surface area contributed by atoms with Gasteiger partial charge in [-0.05, 0) is 26.2 Å². The first kappa shape index (κ1) is 9.93. The number of nitrogens with zero attached hydrogens (tertiary/aromatic N) is 2. The quantitative estimate of drug-likeness (QED) is 0.811. The van der Waals surface area contributed by atoms with Crippen molar-refractivity contribution in [1.29, 1.82) is 0 Å². The highest BCUT2D eigenvalue weighted by atomic mass is 32.1. The van der Waals surface area contributed by atoms with E-state index in [9.17, 15) is 0 Å². The summed E-state index contributed by atoms with van der Waals surface area (Å²) < 4.78 is 0. The van der Waals surface area contributed by atoms with Gasteiger partial charge in [-0.15, -0.1) is 11.3 Å². The van der Waals surface area contributed by atoms with Gasteiger partial charge in [0.2, 0.25) is 0 Å². The Kier molecular flexibility index (Phi) is 3.03. The van der Waals surface area contributed by atoms with Crippen molar-refractivity contribution < 1.29 is 0 Å². The lowest BCUT2D eigenvalue weighted by atomic mass is 9.98. The van der Waals surface area contributed by atoms with Crippen LogP contribution in [-0.4, -0.2) is 23.6 Å². The van der Waals surface area contributed by atoms with Gasteiger partial charge in [-0.3, -0.25) is 0 Å². The lowest BCUT2D eigenvalue weighted by Gasteiger charge is -2.37. The van der Waals surface area contributed by atoms with Gasteiger partial charge in [-0.1, -0.05) is 0 Å². The molecule has 0 saturated carbocycles. The lowest BCUT2D eigenvalue weighted by Crippen LogP contribution is -2.49. The van der Waals surface area contributed by atoms with Gasteiger partial charge >= 0.3 is 0 Å². The van der Waals surface area contributed by atoms with Crippen molar-refractivity contribution in [2.45, 2.75) is 38.3 Å². The molecule has 0 bridgehead atoms. The van der Waals surface area contributed by atoms with Crippen molar-refractivity contribution in [2.24, 2.45) is 5.73 Å². The molecule has 0 aromatic carbocycles.